The van der Waals surface area contributed by atoms with Gasteiger partial charge in [-0.2, -0.15) is 0 Å². The van der Waals surface area contributed by atoms with Crippen LogP contribution < -0.4 is 10.2 Å². The number of carbonyl (C=O) groups excluding carboxylic acids is 1. The summed E-state index contributed by atoms with van der Waals surface area (Å²) in [6.45, 7) is 5.63. The first-order valence-corrected chi connectivity index (χ1v) is 9.76. The highest BCUT2D eigenvalue weighted by Crippen LogP contribution is 2.18. The summed E-state index contributed by atoms with van der Waals surface area (Å²) >= 11 is 0. The first kappa shape index (κ1) is 18.9. The highest BCUT2D eigenvalue weighted by atomic mass is 16.2. The molecule has 3 heterocycles. The molecule has 7 nitrogen and oxygen atoms in total. The van der Waals surface area contributed by atoms with Crippen LogP contribution in [0.15, 0.2) is 61.1 Å². The fraction of sp³-hybridized carbons (Fsp3) is 0.273. The third-order valence-corrected chi connectivity index (χ3v) is 4.98. The van der Waals surface area contributed by atoms with E-state index in [0.717, 1.165) is 18.7 Å². The van der Waals surface area contributed by atoms with Crippen LogP contribution in [0, 0.1) is 6.92 Å². The minimum absolute atomic E-state index is 0.0549. The number of carbonyl (C=O) groups is 1. The molecular weight excluding hydrogens is 364 g/mol. The van der Waals surface area contributed by atoms with Crippen LogP contribution in [0.4, 0.5) is 11.6 Å². The summed E-state index contributed by atoms with van der Waals surface area (Å²) in [5, 5.41) is 3.15. The molecule has 1 saturated heterocycles. The lowest BCUT2D eigenvalue weighted by atomic mass is 10.2. The zero-order valence-electron chi connectivity index (χ0n) is 16.5. The predicted molar refractivity (Wildman–Crippen MR) is 113 cm³/mol. The van der Waals surface area contributed by atoms with Crippen molar-refractivity contribution in [2.24, 2.45) is 0 Å². The van der Waals surface area contributed by atoms with E-state index in [0.29, 0.717) is 31.3 Å². The van der Waals surface area contributed by atoms with Gasteiger partial charge in [-0.3, -0.25) is 9.78 Å². The van der Waals surface area contributed by atoms with Crippen LogP contribution in [0.1, 0.15) is 21.6 Å². The van der Waals surface area contributed by atoms with Gasteiger partial charge in [0.2, 0.25) is 5.95 Å². The Hall–Kier alpha value is -3.48. The van der Waals surface area contributed by atoms with Crippen LogP contribution in [-0.2, 0) is 6.54 Å². The molecule has 0 aliphatic carbocycles. The molecule has 0 saturated carbocycles. The minimum atomic E-state index is -0.0549. The van der Waals surface area contributed by atoms with Crippen molar-refractivity contribution < 1.29 is 4.79 Å². The van der Waals surface area contributed by atoms with Crippen LogP contribution in [0.3, 0.4) is 0 Å². The fourth-order valence-electron chi connectivity index (χ4n) is 3.40. The quantitative estimate of drug-likeness (QED) is 0.724. The number of anilines is 2. The van der Waals surface area contributed by atoms with Gasteiger partial charge in [-0.15, -0.1) is 0 Å². The number of aryl methyl sites for hydroxylation is 1. The molecule has 1 fully saturated rings. The minimum Gasteiger partial charge on any atom is -0.368 e. The summed E-state index contributed by atoms with van der Waals surface area (Å²) in [7, 11) is 0. The molecule has 0 radical (unpaired) electrons. The number of pyridine rings is 1. The highest BCUT2D eigenvalue weighted by Gasteiger charge is 2.23. The van der Waals surface area contributed by atoms with Gasteiger partial charge in [0, 0.05) is 57.0 Å². The average Bonchev–Trinajstić information content (AvgIpc) is 2.78. The molecule has 2 aromatic heterocycles. The smallest absolute Gasteiger partial charge is 0.272 e. The van der Waals surface area contributed by atoms with E-state index in [1.165, 1.54) is 11.3 Å². The van der Waals surface area contributed by atoms with E-state index in [9.17, 15) is 4.79 Å². The molecule has 1 aliphatic rings. The maximum absolute atomic E-state index is 12.9. The van der Waals surface area contributed by atoms with Crippen molar-refractivity contribution in [1.29, 1.82) is 0 Å². The van der Waals surface area contributed by atoms with E-state index in [4.69, 9.17) is 0 Å². The number of piperazine rings is 1. The summed E-state index contributed by atoms with van der Waals surface area (Å²) in [6, 6.07) is 14.0. The number of nitrogens with one attached hydrogen (secondary N) is 1. The van der Waals surface area contributed by atoms with Crippen molar-refractivity contribution in [3.8, 4) is 0 Å². The van der Waals surface area contributed by atoms with Gasteiger partial charge < -0.3 is 15.1 Å². The van der Waals surface area contributed by atoms with Crippen LogP contribution in [-0.4, -0.2) is 51.9 Å². The summed E-state index contributed by atoms with van der Waals surface area (Å²) in [6.07, 6.45) is 5.14. The Morgan fingerprint density at radius 3 is 2.69 bits per heavy atom. The number of hydrogen-bond donors (Lipinski definition) is 1. The van der Waals surface area contributed by atoms with Crippen molar-refractivity contribution in [3.63, 3.8) is 0 Å². The molecule has 1 aliphatic heterocycles. The largest absolute Gasteiger partial charge is 0.368 e. The molecule has 0 bridgehead atoms. The number of rotatable bonds is 5. The molecular formula is C22H24N6O. The first-order chi connectivity index (χ1) is 14.2. The zero-order chi connectivity index (χ0) is 20.1. The molecule has 4 rings (SSSR count). The fourth-order valence-corrected chi connectivity index (χ4v) is 3.40. The predicted octanol–water partition coefficient (Wildman–Crippen LogP) is 2.75. The molecule has 1 aromatic carbocycles. The van der Waals surface area contributed by atoms with Crippen molar-refractivity contribution >= 4 is 17.5 Å². The number of amides is 1. The Bertz CT molecular complexity index is 970. The molecule has 0 spiro atoms. The van der Waals surface area contributed by atoms with E-state index in [-0.39, 0.29) is 5.91 Å². The Morgan fingerprint density at radius 1 is 1.07 bits per heavy atom. The topological polar surface area (TPSA) is 74.2 Å². The summed E-state index contributed by atoms with van der Waals surface area (Å²) in [5.41, 5.74) is 3.90. The van der Waals surface area contributed by atoms with Gasteiger partial charge >= 0.3 is 0 Å². The number of nitrogens with zero attached hydrogens (tertiary/aromatic N) is 5. The lowest BCUT2D eigenvalue weighted by Crippen LogP contribution is -2.49. The molecule has 0 unspecified atom stereocenters. The van der Waals surface area contributed by atoms with Crippen LogP contribution in [0.2, 0.25) is 0 Å². The number of benzene rings is 1. The van der Waals surface area contributed by atoms with E-state index in [2.05, 4.69) is 56.4 Å². The van der Waals surface area contributed by atoms with Crippen LogP contribution in [0.25, 0.3) is 0 Å². The van der Waals surface area contributed by atoms with Gasteiger partial charge in [-0.05, 0) is 42.3 Å². The Kier molecular flexibility index (Phi) is 5.65. The second-order valence-electron chi connectivity index (χ2n) is 7.10. The van der Waals surface area contributed by atoms with E-state index >= 15 is 0 Å². The Balaban J connectivity index is 1.36. The van der Waals surface area contributed by atoms with Crippen molar-refractivity contribution in [2.75, 3.05) is 36.4 Å². The summed E-state index contributed by atoms with van der Waals surface area (Å²) in [5.74, 6) is 0.388. The van der Waals surface area contributed by atoms with Gasteiger partial charge in [0.1, 0.15) is 5.69 Å². The number of hydrogen-bond acceptors (Lipinski definition) is 6. The maximum Gasteiger partial charge on any atom is 0.272 e. The van der Waals surface area contributed by atoms with Gasteiger partial charge in [0.25, 0.3) is 5.91 Å². The standard InChI is InChI=1S/C22H24N6O/c1-17-4-2-6-19(14-17)27-10-12-28(13-11-27)21(29)20-7-9-24-22(26-20)25-16-18-5-3-8-23-15-18/h2-9,14-15H,10-13,16H2,1H3,(H,24,25,26). The molecule has 1 amide bonds. The number of aromatic nitrogens is 3. The lowest BCUT2D eigenvalue weighted by molar-refractivity contribution is 0.0741. The molecule has 29 heavy (non-hydrogen) atoms. The second kappa shape index (κ2) is 8.68. The van der Waals surface area contributed by atoms with Gasteiger partial charge in [-0.25, -0.2) is 9.97 Å². The molecule has 1 N–H and O–H groups in total. The van der Waals surface area contributed by atoms with Crippen LogP contribution in [0.5, 0.6) is 0 Å². The van der Waals surface area contributed by atoms with Crippen molar-refractivity contribution in [2.45, 2.75) is 13.5 Å². The highest BCUT2D eigenvalue weighted by molar-refractivity contribution is 5.92. The summed E-state index contributed by atoms with van der Waals surface area (Å²) in [4.78, 5) is 29.8. The first-order valence-electron chi connectivity index (χ1n) is 9.76. The third-order valence-electron chi connectivity index (χ3n) is 4.98. The van der Waals surface area contributed by atoms with Crippen molar-refractivity contribution in [3.05, 3.63) is 77.9 Å². The van der Waals surface area contributed by atoms with Crippen LogP contribution >= 0.6 is 0 Å². The summed E-state index contributed by atoms with van der Waals surface area (Å²) < 4.78 is 0. The SMILES string of the molecule is Cc1cccc(N2CCN(C(=O)c3ccnc(NCc4cccnc4)n3)CC2)c1. The van der Waals surface area contributed by atoms with Gasteiger partial charge in [-0.1, -0.05) is 18.2 Å². The molecule has 7 heteroatoms. The molecule has 0 atom stereocenters. The van der Waals surface area contributed by atoms with E-state index < -0.39 is 0 Å². The average molecular weight is 388 g/mol. The molecule has 3 aromatic rings. The lowest BCUT2D eigenvalue weighted by Gasteiger charge is -2.36. The normalized spacial score (nSPS) is 14.0. The van der Waals surface area contributed by atoms with Gasteiger partial charge in [0.05, 0.1) is 0 Å². The zero-order valence-corrected chi connectivity index (χ0v) is 16.5. The van der Waals surface area contributed by atoms with Crippen molar-refractivity contribution in [1.82, 2.24) is 19.9 Å². The monoisotopic (exact) mass is 388 g/mol. The Labute approximate surface area is 170 Å². The van der Waals surface area contributed by atoms with Gasteiger partial charge in [0.15, 0.2) is 0 Å². The molecule has 148 valence electrons. The van der Waals surface area contributed by atoms with E-state index in [1.54, 1.807) is 24.7 Å². The third kappa shape index (κ3) is 4.68. The van der Waals surface area contributed by atoms with E-state index in [1.807, 2.05) is 17.0 Å². The Morgan fingerprint density at radius 2 is 1.93 bits per heavy atom. The second-order valence-corrected chi connectivity index (χ2v) is 7.10. The maximum atomic E-state index is 12.9.